The number of likely N-dealkylation sites (tertiary alicyclic amines) is 1. The predicted molar refractivity (Wildman–Crippen MR) is 93.2 cm³/mol. The van der Waals surface area contributed by atoms with Gasteiger partial charge in [-0.05, 0) is 52.9 Å². The lowest BCUT2D eigenvalue weighted by molar-refractivity contribution is -0.154. The standard InChI is InChI=1S/C19H30N2O4/c1-12(22)20(5)16(23)14-8-6-7-13-9-10-15(11-14)18(25)21(17(13)24)19(2,3)4/h13-15H,6-11H2,1-5H3. The normalized spacial score (nSPS) is 28.0. The summed E-state index contributed by atoms with van der Waals surface area (Å²) in [5, 5.41) is 0. The maximum Gasteiger partial charge on any atom is 0.232 e. The number of hydrogen-bond acceptors (Lipinski definition) is 4. The third-order valence-corrected chi connectivity index (χ3v) is 5.50. The second-order valence-corrected chi connectivity index (χ2v) is 8.43. The van der Waals surface area contributed by atoms with Gasteiger partial charge in [0.05, 0.1) is 0 Å². The van der Waals surface area contributed by atoms with Crippen LogP contribution < -0.4 is 0 Å². The Labute approximate surface area is 149 Å². The van der Waals surface area contributed by atoms with Crippen molar-refractivity contribution in [2.24, 2.45) is 17.8 Å². The Hall–Kier alpha value is -1.72. The maximum atomic E-state index is 13.1. The van der Waals surface area contributed by atoms with Gasteiger partial charge >= 0.3 is 0 Å². The molecule has 3 atom stereocenters. The first kappa shape index (κ1) is 19.6. The van der Waals surface area contributed by atoms with Gasteiger partial charge in [0.25, 0.3) is 0 Å². The first-order valence-electron chi connectivity index (χ1n) is 9.20. The Bertz CT molecular complexity index is 578. The molecule has 2 bridgehead atoms. The zero-order valence-corrected chi connectivity index (χ0v) is 16.0. The smallest absolute Gasteiger partial charge is 0.232 e. The number of rotatable bonds is 1. The van der Waals surface area contributed by atoms with Gasteiger partial charge in [-0.1, -0.05) is 6.42 Å². The van der Waals surface area contributed by atoms with Gasteiger partial charge in [0, 0.05) is 37.3 Å². The average Bonchev–Trinajstić information content (AvgIpc) is 2.59. The minimum absolute atomic E-state index is 0.0642. The molecule has 0 aromatic heterocycles. The fraction of sp³-hybridized carbons (Fsp3) is 0.789. The first-order chi connectivity index (χ1) is 11.5. The van der Waals surface area contributed by atoms with Crippen LogP contribution in [0, 0.1) is 17.8 Å². The van der Waals surface area contributed by atoms with Gasteiger partial charge in [-0.25, -0.2) is 0 Å². The topological polar surface area (TPSA) is 74.8 Å². The number of amides is 4. The number of imide groups is 2. The van der Waals surface area contributed by atoms with Crippen LogP contribution in [0.3, 0.4) is 0 Å². The third-order valence-electron chi connectivity index (χ3n) is 5.50. The third kappa shape index (κ3) is 4.10. The van der Waals surface area contributed by atoms with Gasteiger partial charge in [-0.3, -0.25) is 29.0 Å². The molecule has 2 rings (SSSR count). The summed E-state index contributed by atoms with van der Waals surface area (Å²) < 4.78 is 0. The highest BCUT2D eigenvalue weighted by molar-refractivity contribution is 6.00. The molecular weight excluding hydrogens is 320 g/mol. The summed E-state index contributed by atoms with van der Waals surface area (Å²) in [6.07, 6.45) is 3.83. The van der Waals surface area contributed by atoms with E-state index in [2.05, 4.69) is 0 Å². The Morgan fingerprint density at radius 2 is 1.56 bits per heavy atom. The van der Waals surface area contributed by atoms with E-state index < -0.39 is 5.54 Å². The van der Waals surface area contributed by atoms with Gasteiger partial charge in [-0.2, -0.15) is 0 Å². The average molecular weight is 350 g/mol. The Morgan fingerprint density at radius 1 is 1.00 bits per heavy atom. The van der Waals surface area contributed by atoms with Crippen LogP contribution in [0.2, 0.25) is 0 Å². The first-order valence-corrected chi connectivity index (χ1v) is 9.20. The molecule has 140 valence electrons. The van der Waals surface area contributed by atoms with Gasteiger partial charge < -0.3 is 0 Å². The molecule has 6 nitrogen and oxygen atoms in total. The zero-order valence-electron chi connectivity index (χ0n) is 16.0. The van der Waals surface area contributed by atoms with E-state index in [1.807, 2.05) is 20.8 Å². The molecule has 1 heterocycles. The molecule has 2 aliphatic rings. The molecule has 6 heteroatoms. The van der Waals surface area contributed by atoms with E-state index >= 15 is 0 Å². The van der Waals surface area contributed by atoms with Crippen molar-refractivity contribution in [2.75, 3.05) is 7.05 Å². The zero-order chi connectivity index (χ0) is 18.9. The lowest BCUT2D eigenvalue weighted by atomic mass is 9.87. The molecule has 1 aliphatic heterocycles. The van der Waals surface area contributed by atoms with Crippen LogP contribution in [0.15, 0.2) is 0 Å². The van der Waals surface area contributed by atoms with Crippen LogP contribution in [0.1, 0.15) is 66.2 Å². The van der Waals surface area contributed by atoms with E-state index in [4.69, 9.17) is 0 Å². The van der Waals surface area contributed by atoms with E-state index in [9.17, 15) is 19.2 Å². The van der Waals surface area contributed by atoms with Crippen molar-refractivity contribution in [1.29, 1.82) is 0 Å². The molecule has 2 fully saturated rings. The molecule has 0 N–H and O–H groups in total. The Kier molecular flexibility index (Phi) is 5.69. The molecule has 0 radical (unpaired) electrons. The fourth-order valence-corrected chi connectivity index (χ4v) is 4.00. The van der Waals surface area contributed by atoms with Gasteiger partial charge in [0.2, 0.25) is 23.6 Å². The molecule has 1 saturated heterocycles. The number of carbonyl (C=O) groups excluding carboxylic acids is 4. The largest absolute Gasteiger partial charge is 0.286 e. The van der Waals surface area contributed by atoms with Crippen molar-refractivity contribution in [3.63, 3.8) is 0 Å². The van der Waals surface area contributed by atoms with Crippen molar-refractivity contribution in [3.05, 3.63) is 0 Å². The highest BCUT2D eigenvalue weighted by Crippen LogP contribution is 2.37. The summed E-state index contributed by atoms with van der Waals surface area (Å²) in [5.41, 5.74) is -0.566. The van der Waals surface area contributed by atoms with Crippen LogP contribution in [0.4, 0.5) is 0 Å². The van der Waals surface area contributed by atoms with Crippen LogP contribution in [-0.2, 0) is 19.2 Å². The minimum Gasteiger partial charge on any atom is -0.286 e. The van der Waals surface area contributed by atoms with Gasteiger partial charge in [0.1, 0.15) is 0 Å². The summed E-state index contributed by atoms with van der Waals surface area (Å²) in [6, 6.07) is 0. The minimum atomic E-state index is -0.566. The second kappa shape index (κ2) is 7.26. The molecule has 4 amide bonds. The van der Waals surface area contributed by atoms with E-state index in [-0.39, 0.29) is 41.4 Å². The molecule has 3 unspecified atom stereocenters. The van der Waals surface area contributed by atoms with E-state index in [1.54, 1.807) is 0 Å². The summed E-state index contributed by atoms with van der Waals surface area (Å²) >= 11 is 0. The predicted octanol–water partition coefficient (Wildman–Crippen LogP) is 2.36. The lowest BCUT2D eigenvalue weighted by Gasteiger charge is -2.37. The van der Waals surface area contributed by atoms with Crippen molar-refractivity contribution < 1.29 is 19.2 Å². The number of nitrogens with zero attached hydrogens (tertiary/aromatic N) is 2. The van der Waals surface area contributed by atoms with E-state index in [1.165, 1.54) is 18.9 Å². The molecule has 1 saturated carbocycles. The number of carbonyl (C=O) groups is 4. The summed E-state index contributed by atoms with van der Waals surface area (Å²) in [5.74, 6) is -1.54. The molecule has 0 spiro atoms. The van der Waals surface area contributed by atoms with Gasteiger partial charge in [-0.15, -0.1) is 0 Å². The van der Waals surface area contributed by atoms with Crippen LogP contribution in [0.25, 0.3) is 0 Å². The quantitative estimate of drug-likeness (QED) is 0.681. The lowest BCUT2D eigenvalue weighted by Crippen LogP contribution is -2.52. The highest BCUT2D eigenvalue weighted by Gasteiger charge is 2.44. The van der Waals surface area contributed by atoms with E-state index in [0.29, 0.717) is 32.1 Å². The van der Waals surface area contributed by atoms with Crippen molar-refractivity contribution in [3.8, 4) is 0 Å². The summed E-state index contributed by atoms with van der Waals surface area (Å²) in [6.45, 7) is 7.00. The van der Waals surface area contributed by atoms with Crippen molar-refractivity contribution >= 4 is 23.6 Å². The van der Waals surface area contributed by atoms with Crippen molar-refractivity contribution in [2.45, 2.75) is 71.8 Å². The Morgan fingerprint density at radius 3 is 2.12 bits per heavy atom. The fourth-order valence-electron chi connectivity index (χ4n) is 4.00. The summed E-state index contributed by atoms with van der Waals surface area (Å²) in [4.78, 5) is 52.7. The Balaban J connectivity index is 2.32. The SMILES string of the molecule is CC(=O)N(C)C(=O)C1CCCC2CCC(C1)C(=O)N(C(C)(C)C)C2=O. The number of hydrogen-bond donors (Lipinski definition) is 0. The van der Waals surface area contributed by atoms with Crippen LogP contribution in [-0.4, -0.2) is 46.0 Å². The molecule has 0 aromatic rings. The molecule has 25 heavy (non-hydrogen) atoms. The van der Waals surface area contributed by atoms with E-state index in [0.717, 1.165) is 11.3 Å². The van der Waals surface area contributed by atoms with Crippen LogP contribution in [0.5, 0.6) is 0 Å². The monoisotopic (exact) mass is 350 g/mol. The highest BCUT2D eigenvalue weighted by atomic mass is 16.2. The molecular formula is C19H30N2O4. The molecule has 0 aromatic carbocycles. The molecule has 1 aliphatic carbocycles. The summed E-state index contributed by atoms with van der Waals surface area (Å²) in [7, 11) is 1.49. The van der Waals surface area contributed by atoms with Crippen LogP contribution >= 0.6 is 0 Å². The van der Waals surface area contributed by atoms with Crippen molar-refractivity contribution in [1.82, 2.24) is 9.80 Å². The van der Waals surface area contributed by atoms with Gasteiger partial charge in [0.15, 0.2) is 0 Å². The number of fused-ring (bicyclic) bond motifs is 3. The maximum absolute atomic E-state index is 13.1. The second-order valence-electron chi connectivity index (χ2n) is 8.43.